The Morgan fingerprint density at radius 2 is 2.04 bits per heavy atom. The molecule has 0 spiro atoms. The number of fused-ring (bicyclic) bond motifs is 1. The number of carbonyl (C=O) groups is 1. The highest BCUT2D eigenvalue weighted by molar-refractivity contribution is 6.05. The second kappa shape index (κ2) is 6.24. The lowest BCUT2D eigenvalue weighted by Crippen LogP contribution is -2.18. The first-order valence-electron chi connectivity index (χ1n) is 7.74. The molecule has 4 rings (SSSR count). The molecule has 4 aromatic rings. The first-order valence-corrected chi connectivity index (χ1v) is 7.74. The first-order chi connectivity index (χ1) is 12.9. The van der Waals surface area contributed by atoms with Gasteiger partial charge < -0.3 is 5.32 Å². The van der Waals surface area contributed by atoms with E-state index in [9.17, 15) is 18.0 Å². The SMILES string of the molecule is O=C(Nc1cc2cn[nH]c2cc1-n1cccn1)c1cccc(C(F)(F)F)n1. The van der Waals surface area contributed by atoms with Crippen LogP contribution in [0.5, 0.6) is 0 Å². The largest absolute Gasteiger partial charge is 0.433 e. The van der Waals surface area contributed by atoms with Gasteiger partial charge in [-0.1, -0.05) is 6.07 Å². The van der Waals surface area contributed by atoms with Gasteiger partial charge in [0.25, 0.3) is 5.91 Å². The van der Waals surface area contributed by atoms with E-state index < -0.39 is 17.8 Å². The topological polar surface area (TPSA) is 88.5 Å². The van der Waals surface area contributed by atoms with Gasteiger partial charge in [0.1, 0.15) is 11.4 Å². The van der Waals surface area contributed by atoms with Gasteiger partial charge in [-0.25, -0.2) is 9.67 Å². The van der Waals surface area contributed by atoms with Crippen molar-refractivity contribution in [3.05, 3.63) is 66.4 Å². The minimum atomic E-state index is -4.63. The number of nitrogens with zero attached hydrogens (tertiary/aromatic N) is 4. The zero-order valence-corrected chi connectivity index (χ0v) is 13.5. The lowest BCUT2D eigenvalue weighted by Gasteiger charge is -2.12. The fourth-order valence-electron chi connectivity index (χ4n) is 2.59. The summed E-state index contributed by atoms with van der Waals surface area (Å²) in [4.78, 5) is 15.9. The van der Waals surface area contributed by atoms with Crippen LogP contribution in [0.3, 0.4) is 0 Å². The van der Waals surface area contributed by atoms with Crippen LogP contribution in [0.25, 0.3) is 16.6 Å². The summed E-state index contributed by atoms with van der Waals surface area (Å²) in [7, 11) is 0. The summed E-state index contributed by atoms with van der Waals surface area (Å²) in [6.07, 6.45) is 0.180. The molecule has 7 nitrogen and oxygen atoms in total. The average molecular weight is 372 g/mol. The number of hydrogen-bond acceptors (Lipinski definition) is 4. The molecule has 1 aromatic carbocycles. The van der Waals surface area contributed by atoms with E-state index in [1.54, 1.807) is 36.8 Å². The van der Waals surface area contributed by atoms with E-state index in [0.29, 0.717) is 11.4 Å². The molecular weight excluding hydrogens is 361 g/mol. The van der Waals surface area contributed by atoms with Crippen LogP contribution in [0.4, 0.5) is 18.9 Å². The second-order valence-electron chi connectivity index (χ2n) is 5.64. The summed E-state index contributed by atoms with van der Waals surface area (Å²) < 4.78 is 40.0. The van der Waals surface area contributed by atoms with Crippen molar-refractivity contribution < 1.29 is 18.0 Å². The third-order valence-corrected chi connectivity index (χ3v) is 3.83. The fraction of sp³-hybridized carbons (Fsp3) is 0.0588. The molecule has 0 aliphatic carbocycles. The van der Waals surface area contributed by atoms with Crippen molar-refractivity contribution in [1.82, 2.24) is 25.0 Å². The summed E-state index contributed by atoms with van der Waals surface area (Å²) >= 11 is 0. The van der Waals surface area contributed by atoms with E-state index in [1.165, 1.54) is 10.7 Å². The van der Waals surface area contributed by atoms with Gasteiger partial charge in [0.2, 0.25) is 0 Å². The number of aromatic nitrogens is 5. The molecule has 27 heavy (non-hydrogen) atoms. The maximum Gasteiger partial charge on any atom is 0.433 e. The molecule has 0 bridgehead atoms. The third kappa shape index (κ3) is 3.24. The quantitative estimate of drug-likeness (QED) is 0.577. The molecule has 136 valence electrons. The average Bonchev–Trinajstić information content (AvgIpc) is 3.31. The van der Waals surface area contributed by atoms with E-state index >= 15 is 0 Å². The van der Waals surface area contributed by atoms with Crippen LogP contribution in [0, 0.1) is 0 Å². The van der Waals surface area contributed by atoms with E-state index in [1.807, 2.05) is 0 Å². The van der Waals surface area contributed by atoms with Crippen molar-refractivity contribution in [3.8, 4) is 5.69 Å². The lowest BCUT2D eigenvalue weighted by molar-refractivity contribution is -0.141. The summed E-state index contributed by atoms with van der Waals surface area (Å²) in [5.41, 5.74) is 0.126. The maximum atomic E-state index is 12.8. The number of pyridine rings is 1. The van der Waals surface area contributed by atoms with Crippen molar-refractivity contribution in [2.45, 2.75) is 6.18 Å². The molecule has 2 N–H and O–H groups in total. The molecule has 0 atom stereocenters. The summed E-state index contributed by atoms with van der Waals surface area (Å²) in [6, 6.07) is 8.25. The molecule has 0 saturated heterocycles. The van der Waals surface area contributed by atoms with Crippen LogP contribution in [-0.4, -0.2) is 30.9 Å². The molecule has 0 fully saturated rings. The minimum Gasteiger partial charge on any atom is -0.319 e. The van der Waals surface area contributed by atoms with Crippen molar-refractivity contribution in [2.24, 2.45) is 0 Å². The van der Waals surface area contributed by atoms with Gasteiger partial charge in [-0.3, -0.25) is 9.89 Å². The molecular formula is C17H11F3N6O. The Morgan fingerprint density at radius 1 is 1.19 bits per heavy atom. The number of alkyl halides is 3. The van der Waals surface area contributed by atoms with E-state index in [4.69, 9.17) is 0 Å². The molecule has 0 unspecified atom stereocenters. The van der Waals surface area contributed by atoms with Crippen LogP contribution in [0.1, 0.15) is 16.2 Å². The molecule has 0 aliphatic rings. The summed E-state index contributed by atoms with van der Waals surface area (Å²) in [5, 5.41) is 14.2. The van der Waals surface area contributed by atoms with Crippen molar-refractivity contribution >= 4 is 22.5 Å². The van der Waals surface area contributed by atoms with Gasteiger partial charge in [0.05, 0.1) is 23.1 Å². The number of hydrogen-bond donors (Lipinski definition) is 2. The van der Waals surface area contributed by atoms with Gasteiger partial charge in [-0.15, -0.1) is 0 Å². The lowest BCUT2D eigenvalue weighted by atomic mass is 10.2. The number of amides is 1. The van der Waals surface area contributed by atoms with Gasteiger partial charge in [0, 0.05) is 17.8 Å². The van der Waals surface area contributed by atoms with Gasteiger partial charge in [-0.2, -0.15) is 23.4 Å². The number of nitrogens with one attached hydrogen (secondary N) is 2. The third-order valence-electron chi connectivity index (χ3n) is 3.83. The Hall–Kier alpha value is -3.69. The van der Waals surface area contributed by atoms with E-state index in [2.05, 4.69) is 25.6 Å². The number of anilines is 1. The smallest absolute Gasteiger partial charge is 0.319 e. The minimum absolute atomic E-state index is 0.344. The molecule has 0 saturated carbocycles. The standard InChI is InChI=1S/C17H11F3N6O/c18-17(19,20)15-4-1-3-11(23-15)16(27)24-13-7-10-9-21-25-12(10)8-14(13)26-6-2-5-22-26/h1-9H,(H,21,25)(H,24,27). The van der Waals surface area contributed by atoms with Gasteiger partial charge in [0.15, 0.2) is 0 Å². The first kappa shape index (κ1) is 16.8. The number of H-pyrrole nitrogens is 1. The van der Waals surface area contributed by atoms with Crippen LogP contribution < -0.4 is 5.32 Å². The van der Waals surface area contributed by atoms with Gasteiger partial charge in [-0.05, 0) is 30.3 Å². The number of rotatable bonds is 3. The monoisotopic (exact) mass is 372 g/mol. The fourth-order valence-corrected chi connectivity index (χ4v) is 2.59. The van der Waals surface area contributed by atoms with Crippen LogP contribution in [-0.2, 0) is 6.18 Å². The highest BCUT2D eigenvalue weighted by Crippen LogP contribution is 2.28. The predicted molar refractivity (Wildman–Crippen MR) is 90.4 cm³/mol. The predicted octanol–water partition coefficient (Wildman–Crippen LogP) is 3.41. The van der Waals surface area contributed by atoms with Crippen molar-refractivity contribution in [1.29, 1.82) is 0 Å². The summed E-state index contributed by atoms with van der Waals surface area (Å²) in [6.45, 7) is 0. The molecule has 0 aliphatic heterocycles. The van der Waals surface area contributed by atoms with Crippen molar-refractivity contribution in [3.63, 3.8) is 0 Å². The molecule has 0 radical (unpaired) electrons. The molecule has 3 heterocycles. The zero-order chi connectivity index (χ0) is 19.0. The molecule has 3 aromatic heterocycles. The normalized spacial score (nSPS) is 11.7. The van der Waals surface area contributed by atoms with Gasteiger partial charge >= 0.3 is 6.18 Å². The Bertz CT molecular complexity index is 1120. The van der Waals surface area contributed by atoms with Crippen LogP contribution >= 0.6 is 0 Å². The Kier molecular flexibility index (Phi) is 3.87. The Morgan fingerprint density at radius 3 is 2.78 bits per heavy atom. The second-order valence-corrected chi connectivity index (χ2v) is 5.64. The highest BCUT2D eigenvalue weighted by atomic mass is 19.4. The summed E-state index contributed by atoms with van der Waals surface area (Å²) in [5.74, 6) is -0.766. The van der Waals surface area contributed by atoms with Crippen LogP contribution in [0.15, 0.2) is 55.0 Å². The van der Waals surface area contributed by atoms with E-state index in [-0.39, 0.29) is 5.69 Å². The molecule has 1 amide bonds. The number of aromatic amines is 1. The Balaban J connectivity index is 1.73. The van der Waals surface area contributed by atoms with Crippen LogP contribution in [0.2, 0.25) is 0 Å². The van der Waals surface area contributed by atoms with E-state index in [0.717, 1.165) is 23.0 Å². The maximum absolute atomic E-state index is 12.8. The molecule has 10 heteroatoms. The zero-order valence-electron chi connectivity index (χ0n) is 13.5. The highest BCUT2D eigenvalue weighted by Gasteiger charge is 2.33. The number of benzene rings is 1. The Labute approximate surface area is 149 Å². The number of carbonyl (C=O) groups excluding carboxylic acids is 1. The van der Waals surface area contributed by atoms with Crippen molar-refractivity contribution in [2.75, 3.05) is 5.32 Å². The number of halogens is 3.